The largest absolute Gasteiger partial charge is 0.286 e. The average Bonchev–Trinajstić information content (AvgIpc) is 3.38. The molecule has 0 fully saturated rings. The van der Waals surface area contributed by atoms with Gasteiger partial charge in [-0.1, -0.05) is 121 Å². The number of aromatic nitrogens is 2. The monoisotopic (exact) mass is 603 g/mol. The molecule has 0 N–H and O–H groups in total. The summed E-state index contributed by atoms with van der Waals surface area (Å²) in [4.78, 5) is 15.1. The molecule has 3 nitrogen and oxygen atoms in total. The SMILES string of the molecule is C=C(C)/C=C\C=N[C@@H](C)C1=CC=C(c2cc(-c3ccc(C4C=CC(C5C=CC=CC5)=CC4)cc3)nc(C3C=CC=CC3)n2)CCC1. The number of nitrogens with zero attached hydrogens (tertiary/aromatic N) is 3. The van der Waals surface area contributed by atoms with E-state index in [1.807, 2.05) is 25.3 Å². The highest BCUT2D eigenvalue weighted by atomic mass is 14.9. The lowest BCUT2D eigenvalue weighted by Crippen LogP contribution is -2.07. The highest BCUT2D eigenvalue weighted by Gasteiger charge is 2.20. The van der Waals surface area contributed by atoms with Crippen molar-refractivity contribution in [3.05, 3.63) is 162 Å². The number of rotatable bonds is 9. The second kappa shape index (κ2) is 15.1. The molecule has 4 atom stereocenters. The van der Waals surface area contributed by atoms with Gasteiger partial charge in [-0.15, -0.1) is 0 Å². The summed E-state index contributed by atoms with van der Waals surface area (Å²) >= 11 is 0. The molecule has 1 aromatic heterocycles. The smallest absolute Gasteiger partial charge is 0.136 e. The highest BCUT2D eigenvalue weighted by molar-refractivity contribution is 5.73. The molecule has 1 heterocycles. The summed E-state index contributed by atoms with van der Waals surface area (Å²) in [7, 11) is 0. The molecule has 3 heteroatoms. The lowest BCUT2D eigenvalue weighted by Gasteiger charge is -2.21. The molecule has 0 spiro atoms. The van der Waals surface area contributed by atoms with Gasteiger partial charge in [-0.3, -0.25) is 4.99 Å². The van der Waals surface area contributed by atoms with Crippen molar-refractivity contribution >= 4 is 11.8 Å². The highest BCUT2D eigenvalue weighted by Crippen LogP contribution is 2.34. The normalized spacial score (nSPS) is 23.3. The van der Waals surface area contributed by atoms with Crippen LogP contribution in [-0.2, 0) is 0 Å². The minimum atomic E-state index is 0.141. The number of benzene rings is 1. The van der Waals surface area contributed by atoms with Gasteiger partial charge in [0.2, 0.25) is 0 Å². The Morgan fingerprint density at radius 3 is 2.33 bits per heavy atom. The van der Waals surface area contributed by atoms with Crippen molar-refractivity contribution in [2.75, 3.05) is 0 Å². The van der Waals surface area contributed by atoms with Gasteiger partial charge >= 0.3 is 0 Å². The zero-order valence-corrected chi connectivity index (χ0v) is 27.2. The molecule has 0 saturated carbocycles. The van der Waals surface area contributed by atoms with Crippen molar-refractivity contribution in [1.82, 2.24) is 9.97 Å². The van der Waals surface area contributed by atoms with E-state index in [0.29, 0.717) is 11.8 Å². The van der Waals surface area contributed by atoms with E-state index in [0.717, 1.165) is 66.9 Å². The number of allylic oxidation sites excluding steroid dienone is 18. The van der Waals surface area contributed by atoms with Gasteiger partial charge in [0.25, 0.3) is 0 Å². The van der Waals surface area contributed by atoms with Crippen molar-refractivity contribution in [2.24, 2.45) is 10.9 Å². The molecule has 0 bridgehead atoms. The number of aliphatic imine (C=N–C) groups is 1. The Labute approximate surface area is 275 Å². The van der Waals surface area contributed by atoms with Crippen LogP contribution in [0.3, 0.4) is 0 Å². The van der Waals surface area contributed by atoms with Gasteiger partial charge in [-0.25, -0.2) is 9.97 Å². The zero-order valence-electron chi connectivity index (χ0n) is 27.2. The van der Waals surface area contributed by atoms with Crippen LogP contribution < -0.4 is 0 Å². The molecule has 232 valence electrons. The van der Waals surface area contributed by atoms with Crippen LogP contribution in [0.5, 0.6) is 0 Å². The van der Waals surface area contributed by atoms with E-state index in [2.05, 4.69) is 123 Å². The summed E-state index contributed by atoms with van der Waals surface area (Å²) in [6.45, 7) is 8.08. The fourth-order valence-corrected chi connectivity index (χ4v) is 6.50. The van der Waals surface area contributed by atoms with Crippen LogP contribution in [0.15, 0.2) is 150 Å². The summed E-state index contributed by atoms with van der Waals surface area (Å²) in [6.07, 6.45) is 41.2. The zero-order chi connectivity index (χ0) is 31.7. The fraction of sp³-hybridized carbons (Fsp3) is 0.279. The quantitative estimate of drug-likeness (QED) is 0.211. The first kappa shape index (κ1) is 31.4. The lowest BCUT2D eigenvalue weighted by molar-refractivity contribution is 0.749. The van der Waals surface area contributed by atoms with E-state index in [1.165, 1.54) is 22.3 Å². The van der Waals surface area contributed by atoms with Crippen LogP contribution in [0.2, 0.25) is 0 Å². The van der Waals surface area contributed by atoms with E-state index < -0.39 is 0 Å². The molecule has 3 unspecified atom stereocenters. The number of hydrogen-bond acceptors (Lipinski definition) is 3. The van der Waals surface area contributed by atoms with Crippen LogP contribution in [-0.4, -0.2) is 22.2 Å². The summed E-state index contributed by atoms with van der Waals surface area (Å²) < 4.78 is 0. The Morgan fingerprint density at radius 1 is 0.870 bits per heavy atom. The topological polar surface area (TPSA) is 38.1 Å². The first-order valence-electron chi connectivity index (χ1n) is 16.8. The summed E-state index contributed by atoms with van der Waals surface area (Å²) in [5.41, 5.74) is 9.59. The first-order valence-corrected chi connectivity index (χ1v) is 16.8. The Balaban J connectivity index is 1.24. The van der Waals surface area contributed by atoms with Gasteiger partial charge in [0.15, 0.2) is 0 Å². The molecule has 2 aromatic rings. The molecule has 1 aromatic carbocycles. The average molecular weight is 604 g/mol. The second-order valence-electron chi connectivity index (χ2n) is 12.8. The molecule has 0 amide bonds. The van der Waals surface area contributed by atoms with Crippen LogP contribution in [0.1, 0.15) is 81.3 Å². The van der Waals surface area contributed by atoms with Crippen molar-refractivity contribution < 1.29 is 0 Å². The lowest BCUT2D eigenvalue weighted by atomic mass is 9.84. The van der Waals surface area contributed by atoms with Crippen LogP contribution >= 0.6 is 0 Å². The van der Waals surface area contributed by atoms with Gasteiger partial charge < -0.3 is 0 Å². The standard InChI is InChI=1S/C43H45N3/c1-31(2)12-11-29-44-32(3)33-17-10-18-38(26-19-33)41-30-42(46-43(45-41)40-15-8-5-9-16-40)39-27-24-37(25-28-39)36-22-20-35(21-23-36)34-13-6-4-7-14-34/h4-9,11-13,15,19-22,24-30,32,34,36,40H,1,10,14,16-18,23H2,2-3H3/b12-11-,44-29?/t32-,34?,36?,40?/m0/s1. The molecule has 0 radical (unpaired) electrons. The second-order valence-corrected chi connectivity index (χ2v) is 12.8. The molecular formula is C43H45N3. The van der Waals surface area contributed by atoms with Crippen molar-refractivity contribution in [3.63, 3.8) is 0 Å². The maximum Gasteiger partial charge on any atom is 0.136 e. The van der Waals surface area contributed by atoms with Gasteiger partial charge in [0, 0.05) is 29.5 Å². The maximum atomic E-state index is 5.17. The molecular weight excluding hydrogens is 558 g/mol. The molecule has 0 saturated heterocycles. The van der Waals surface area contributed by atoms with Gasteiger partial charge in [-0.2, -0.15) is 0 Å². The van der Waals surface area contributed by atoms with Crippen molar-refractivity contribution in [2.45, 2.75) is 70.3 Å². The van der Waals surface area contributed by atoms with Crippen molar-refractivity contribution in [3.8, 4) is 11.3 Å². The van der Waals surface area contributed by atoms with Gasteiger partial charge in [0.05, 0.1) is 17.4 Å². The maximum absolute atomic E-state index is 5.17. The van der Waals surface area contributed by atoms with Crippen LogP contribution in [0.4, 0.5) is 0 Å². The summed E-state index contributed by atoms with van der Waals surface area (Å²) in [5, 5.41) is 0. The number of hydrogen-bond donors (Lipinski definition) is 0. The molecule has 4 aliphatic carbocycles. The van der Waals surface area contributed by atoms with Gasteiger partial charge in [-0.05, 0) is 86.8 Å². The van der Waals surface area contributed by atoms with Crippen molar-refractivity contribution in [1.29, 1.82) is 0 Å². The van der Waals surface area contributed by atoms with E-state index in [-0.39, 0.29) is 12.0 Å². The van der Waals surface area contributed by atoms with E-state index in [9.17, 15) is 0 Å². The summed E-state index contributed by atoms with van der Waals surface area (Å²) in [6, 6.07) is 11.4. The summed E-state index contributed by atoms with van der Waals surface area (Å²) in [5.74, 6) is 2.00. The Morgan fingerprint density at radius 2 is 1.63 bits per heavy atom. The third kappa shape index (κ3) is 7.95. The van der Waals surface area contributed by atoms with E-state index >= 15 is 0 Å². The van der Waals surface area contributed by atoms with E-state index in [4.69, 9.17) is 15.0 Å². The Kier molecular flexibility index (Phi) is 10.3. The molecule has 4 aliphatic rings. The molecule has 0 aliphatic heterocycles. The third-order valence-corrected chi connectivity index (χ3v) is 9.28. The minimum absolute atomic E-state index is 0.141. The van der Waals surface area contributed by atoms with Crippen LogP contribution in [0.25, 0.3) is 16.8 Å². The molecule has 46 heavy (non-hydrogen) atoms. The van der Waals surface area contributed by atoms with Crippen LogP contribution in [0, 0.1) is 5.92 Å². The van der Waals surface area contributed by atoms with E-state index in [1.54, 1.807) is 0 Å². The van der Waals surface area contributed by atoms with Gasteiger partial charge in [0.1, 0.15) is 5.82 Å². The first-order chi connectivity index (χ1) is 22.5. The minimum Gasteiger partial charge on any atom is -0.286 e. The fourth-order valence-electron chi connectivity index (χ4n) is 6.50. The Bertz CT molecular complexity index is 1730. The Hall–Kier alpha value is -4.63. The predicted octanol–water partition coefficient (Wildman–Crippen LogP) is 10.9. The molecule has 6 rings (SSSR count). The predicted molar refractivity (Wildman–Crippen MR) is 196 cm³/mol. The third-order valence-electron chi connectivity index (χ3n) is 9.28.